The van der Waals surface area contributed by atoms with E-state index in [-0.39, 0.29) is 5.56 Å². The number of aryl methyl sites for hydroxylation is 2. The zero-order valence-electron chi connectivity index (χ0n) is 12.5. The van der Waals surface area contributed by atoms with Crippen LogP contribution in [-0.2, 0) is 0 Å². The van der Waals surface area contributed by atoms with Crippen LogP contribution in [-0.4, -0.2) is 6.54 Å². The molecule has 5 heteroatoms. The van der Waals surface area contributed by atoms with Gasteiger partial charge in [0.1, 0.15) is 29.0 Å². The molecule has 2 rings (SSSR count). The lowest BCUT2D eigenvalue weighted by Gasteiger charge is -2.20. The van der Waals surface area contributed by atoms with Crippen molar-refractivity contribution in [2.75, 3.05) is 6.54 Å². The molecule has 1 heterocycles. The van der Waals surface area contributed by atoms with Gasteiger partial charge in [0.05, 0.1) is 6.04 Å². The average Bonchev–Trinajstić information content (AvgIpc) is 2.61. The molecule has 1 aromatic heterocycles. The maximum Gasteiger partial charge on any atom is 0.134 e. The van der Waals surface area contributed by atoms with Gasteiger partial charge < -0.3 is 9.73 Å². The number of benzene rings is 1. The molecule has 114 valence electrons. The van der Waals surface area contributed by atoms with E-state index in [1.807, 2.05) is 13.8 Å². The molecule has 2 aromatic rings. The maximum absolute atomic E-state index is 14.1. The van der Waals surface area contributed by atoms with E-state index >= 15 is 0 Å². The first-order valence-corrected chi connectivity index (χ1v) is 6.81. The van der Waals surface area contributed by atoms with Crippen molar-refractivity contribution in [1.82, 2.24) is 5.32 Å². The molecule has 0 saturated carbocycles. The molecule has 0 radical (unpaired) electrons. The molecule has 1 unspecified atom stereocenters. The van der Waals surface area contributed by atoms with Crippen LogP contribution in [0.4, 0.5) is 13.2 Å². The first-order valence-electron chi connectivity index (χ1n) is 6.81. The van der Waals surface area contributed by atoms with Gasteiger partial charge in [0.15, 0.2) is 0 Å². The molecule has 1 aromatic carbocycles. The fourth-order valence-corrected chi connectivity index (χ4v) is 2.62. The van der Waals surface area contributed by atoms with Gasteiger partial charge >= 0.3 is 0 Å². The van der Waals surface area contributed by atoms with Crippen molar-refractivity contribution in [3.05, 3.63) is 57.8 Å². The Hall–Kier alpha value is -1.75. The maximum atomic E-state index is 14.1. The summed E-state index contributed by atoms with van der Waals surface area (Å²) in [5, 5.41) is 3.05. The Kier molecular flexibility index (Phi) is 4.42. The van der Waals surface area contributed by atoms with Crippen LogP contribution in [0.5, 0.6) is 0 Å². The summed E-state index contributed by atoms with van der Waals surface area (Å²) in [6.07, 6.45) is 0. The number of halogens is 3. The molecule has 0 amide bonds. The first kappa shape index (κ1) is 15.6. The summed E-state index contributed by atoms with van der Waals surface area (Å²) in [4.78, 5) is 0. The predicted molar refractivity (Wildman–Crippen MR) is 74.8 cm³/mol. The summed E-state index contributed by atoms with van der Waals surface area (Å²) in [6, 6.07) is 0.675. The number of hydrogen-bond donors (Lipinski definition) is 1. The quantitative estimate of drug-likeness (QED) is 0.909. The molecule has 2 nitrogen and oxygen atoms in total. The van der Waals surface area contributed by atoms with Crippen molar-refractivity contribution < 1.29 is 17.6 Å². The van der Waals surface area contributed by atoms with E-state index in [0.29, 0.717) is 35.8 Å². The molecule has 1 N–H and O–H groups in total. The second-order valence-corrected chi connectivity index (χ2v) is 5.03. The van der Waals surface area contributed by atoms with Crippen LogP contribution in [0.15, 0.2) is 16.5 Å². The Morgan fingerprint density at radius 1 is 1.00 bits per heavy atom. The Bertz CT molecular complexity index is 641. The third-order valence-corrected chi connectivity index (χ3v) is 3.65. The second-order valence-electron chi connectivity index (χ2n) is 5.03. The van der Waals surface area contributed by atoms with Crippen LogP contribution in [0.2, 0.25) is 0 Å². The average molecular weight is 297 g/mol. The van der Waals surface area contributed by atoms with E-state index in [1.165, 1.54) is 0 Å². The standard InChI is InChI=1S/C16H18F3NO/c1-5-20-16(14-8(2)9(3)21-10(14)4)15-12(18)6-11(17)7-13(15)19/h6-7,16,20H,5H2,1-4H3. The van der Waals surface area contributed by atoms with Gasteiger partial charge in [0.25, 0.3) is 0 Å². The zero-order valence-corrected chi connectivity index (χ0v) is 12.5. The molecule has 21 heavy (non-hydrogen) atoms. The highest BCUT2D eigenvalue weighted by Crippen LogP contribution is 2.34. The van der Waals surface area contributed by atoms with Crippen molar-refractivity contribution in [2.24, 2.45) is 0 Å². The highest BCUT2D eigenvalue weighted by Gasteiger charge is 2.27. The fourth-order valence-electron chi connectivity index (χ4n) is 2.62. The monoisotopic (exact) mass is 297 g/mol. The van der Waals surface area contributed by atoms with E-state index in [0.717, 1.165) is 5.56 Å². The Morgan fingerprint density at radius 3 is 2.00 bits per heavy atom. The van der Waals surface area contributed by atoms with Crippen molar-refractivity contribution >= 4 is 0 Å². The minimum Gasteiger partial charge on any atom is -0.466 e. The largest absolute Gasteiger partial charge is 0.466 e. The molecule has 0 saturated heterocycles. The molecule has 0 bridgehead atoms. The third-order valence-electron chi connectivity index (χ3n) is 3.65. The summed E-state index contributed by atoms with van der Waals surface area (Å²) in [5.41, 5.74) is 1.34. The van der Waals surface area contributed by atoms with Crippen molar-refractivity contribution in [1.29, 1.82) is 0 Å². The van der Waals surface area contributed by atoms with E-state index < -0.39 is 23.5 Å². The second kappa shape index (κ2) is 5.93. The van der Waals surface area contributed by atoms with E-state index in [2.05, 4.69) is 5.32 Å². The van der Waals surface area contributed by atoms with Crippen LogP contribution in [0.1, 0.15) is 41.2 Å². The van der Waals surface area contributed by atoms with Gasteiger partial charge in [0.2, 0.25) is 0 Å². The van der Waals surface area contributed by atoms with Crippen LogP contribution < -0.4 is 5.32 Å². The number of furan rings is 1. The highest BCUT2D eigenvalue weighted by molar-refractivity contribution is 5.41. The fraction of sp³-hybridized carbons (Fsp3) is 0.375. The molecule has 0 spiro atoms. The van der Waals surface area contributed by atoms with Gasteiger partial charge in [-0.05, 0) is 32.9 Å². The zero-order chi connectivity index (χ0) is 15.7. The molecule has 1 atom stereocenters. The Labute approximate surface area is 122 Å². The topological polar surface area (TPSA) is 25.2 Å². The van der Waals surface area contributed by atoms with Crippen LogP contribution in [0.25, 0.3) is 0 Å². The molecule has 0 aliphatic rings. The van der Waals surface area contributed by atoms with E-state index in [4.69, 9.17) is 4.42 Å². The lowest BCUT2D eigenvalue weighted by Crippen LogP contribution is -2.25. The molecule has 0 fully saturated rings. The molecule has 0 aliphatic heterocycles. The van der Waals surface area contributed by atoms with Gasteiger partial charge in [-0.1, -0.05) is 6.92 Å². The third kappa shape index (κ3) is 2.83. The number of hydrogen-bond acceptors (Lipinski definition) is 2. The van der Waals surface area contributed by atoms with Gasteiger partial charge in [0, 0.05) is 23.3 Å². The molecular weight excluding hydrogens is 279 g/mol. The van der Waals surface area contributed by atoms with Gasteiger partial charge in [-0.25, -0.2) is 13.2 Å². The predicted octanol–water partition coefficient (Wildman–Crippen LogP) is 4.32. The smallest absolute Gasteiger partial charge is 0.134 e. The minimum absolute atomic E-state index is 0.190. The molecular formula is C16H18F3NO. The molecule has 0 aliphatic carbocycles. The highest BCUT2D eigenvalue weighted by atomic mass is 19.1. The van der Waals surface area contributed by atoms with Crippen molar-refractivity contribution in [2.45, 2.75) is 33.7 Å². The van der Waals surface area contributed by atoms with E-state index in [9.17, 15) is 13.2 Å². The first-order chi connectivity index (χ1) is 9.86. The summed E-state index contributed by atoms with van der Waals surface area (Å²) in [7, 11) is 0. The van der Waals surface area contributed by atoms with Crippen LogP contribution in [0, 0.1) is 38.2 Å². The van der Waals surface area contributed by atoms with Crippen LogP contribution in [0.3, 0.4) is 0 Å². The van der Waals surface area contributed by atoms with Crippen molar-refractivity contribution in [3.63, 3.8) is 0 Å². The number of rotatable bonds is 4. The van der Waals surface area contributed by atoms with E-state index in [1.54, 1.807) is 13.8 Å². The minimum atomic E-state index is -0.930. The summed E-state index contributed by atoms with van der Waals surface area (Å²) < 4.78 is 46.8. The lowest BCUT2D eigenvalue weighted by molar-refractivity contribution is 0.476. The normalized spacial score (nSPS) is 12.7. The number of nitrogens with one attached hydrogen (secondary N) is 1. The van der Waals surface area contributed by atoms with Gasteiger partial charge in [-0.2, -0.15) is 0 Å². The summed E-state index contributed by atoms with van der Waals surface area (Å²) >= 11 is 0. The summed E-state index contributed by atoms with van der Waals surface area (Å²) in [5.74, 6) is -1.44. The Balaban J connectivity index is 2.65. The lowest BCUT2D eigenvalue weighted by atomic mass is 9.94. The van der Waals surface area contributed by atoms with Crippen LogP contribution >= 0.6 is 0 Å². The van der Waals surface area contributed by atoms with Gasteiger partial charge in [-0.15, -0.1) is 0 Å². The summed E-state index contributed by atoms with van der Waals surface area (Å²) in [6.45, 7) is 7.73. The van der Waals surface area contributed by atoms with Gasteiger partial charge in [-0.3, -0.25) is 0 Å². The van der Waals surface area contributed by atoms with Crippen molar-refractivity contribution in [3.8, 4) is 0 Å². The SMILES string of the molecule is CCNC(c1c(F)cc(F)cc1F)c1c(C)oc(C)c1C. The Morgan fingerprint density at radius 2 is 1.57 bits per heavy atom.